The summed E-state index contributed by atoms with van der Waals surface area (Å²) >= 11 is 6.37. The first kappa shape index (κ1) is 18.8. The Bertz CT molecular complexity index is 975. The van der Waals surface area contributed by atoms with E-state index in [0.717, 1.165) is 36.8 Å². The fourth-order valence-electron chi connectivity index (χ4n) is 4.02. The van der Waals surface area contributed by atoms with Crippen LogP contribution in [0.5, 0.6) is 0 Å². The van der Waals surface area contributed by atoms with Gasteiger partial charge in [0.25, 0.3) is 0 Å². The van der Waals surface area contributed by atoms with Crippen molar-refractivity contribution in [3.05, 3.63) is 77.0 Å². The number of hydrogen-bond donors (Lipinski definition) is 2. The van der Waals surface area contributed by atoms with E-state index in [4.69, 9.17) is 16.0 Å². The SMILES string of the molecule is O=C(Nc1cc(-c2ccc(CO)o2)ccc1Cl)C1(c2ccccc2)CCCC1. The first-order chi connectivity index (χ1) is 13.6. The highest BCUT2D eigenvalue weighted by Crippen LogP contribution is 2.42. The Kier molecular flexibility index (Phi) is 5.25. The molecule has 0 spiro atoms. The summed E-state index contributed by atoms with van der Waals surface area (Å²) in [6.45, 7) is -0.156. The van der Waals surface area contributed by atoms with Gasteiger partial charge in [0.05, 0.1) is 16.1 Å². The maximum atomic E-state index is 13.4. The highest BCUT2D eigenvalue weighted by Gasteiger charge is 2.42. The zero-order valence-corrected chi connectivity index (χ0v) is 16.2. The molecule has 0 unspecified atom stereocenters. The lowest BCUT2D eigenvalue weighted by Gasteiger charge is -2.28. The molecule has 5 heteroatoms. The first-order valence-electron chi connectivity index (χ1n) is 9.49. The molecule has 0 saturated heterocycles. The minimum atomic E-state index is -0.519. The number of amides is 1. The summed E-state index contributed by atoms with van der Waals surface area (Å²) in [5, 5.41) is 12.7. The van der Waals surface area contributed by atoms with E-state index in [2.05, 4.69) is 5.32 Å². The van der Waals surface area contributed by atoms with Crippen molar-refractivity contribution < 1.29 is 14.3 Å². The van der Waals surface area contributed by atoms with Gasteiger partial charge < -0.3 is 14.8 Å². The highest BCUT2D eigenvalue weighted by atomic mass is 35.5. The van der Waals surface area contributed by atoms with Gasteiger partial charge in [0.2, 0.25) is 5.91 Å². The molecule has 4 rings (SSSR count). The van der Waals surface area contributed by atoms with Crippen molar-refractivity contribution >= 4 is 23.2 Å². The van der Waals surface area contributed by atoms with E-state index in [-0.39, 0.29) is 12.5 Å². The van der Waals surface area contributed by atoms with E-state index in [1.807, 2.05) is 42.5 Å². The number of aliphatic hydroxyl groups is 1. The lowest BCUT2D eigenvalue weighted by molar-refractivity contribution is -0.121. The number of hydrogen-bond acceptors (Lipinski definition) is 3. The van der Waals surface area contributed by atoms with Crippen molar-refractivity contribution in [2.45, 2.75) is 37.7 Å². The smallest absolute Gasteiger partial charge is 0.235 e. The minimum absolute atomic E-state index is 0.0225. The summed E-state index contributed by atoms with van der Waals surface area (Å²) in [5.74, 6) is 1.09. The number of rotatable bonds is 5. The molecule has 2 N–H and O–H groups in total. The molecule has 4 nitrogen and oxygen atoms in total. The highest BCUT2D eigenvalue weighted by molar-refractivity contribution is 6.34. The number of nitrogens with one attached hydrogen (secondary N) is 1. The molecule has 1 amide bonds. The molecule has 0 atom stereocenters. The van der Waals surface area contributed by atoms with Crippen molar-refractivity contribution in [2.24, 2.45) is 0 Å². The van der Waals surface area contributed by atoms with Crippen molar-refractivity contribution in [3.63, 3.8) is 0 Å². The number of furan rings is 1. The first-order valence-corrected chi connectivity index (χ1v) is 9.87. The lowest BCUT2D eigenvalue weighted by atomic mass is 9.78. The Morgan fingerprint density at radius 2 is 1.82 bits per heavy atom. The topological polar surface area (TPSA) is 62.5 Å². The number of halogens is 1. The van der Waals surface area contributed by atoms with Crippen LogP contribution in [0.15, 0.2) is 65.1 Å². The number of carbonyl (C=O) groups is 1. The molecular formula is C23H22ClNO3. The number of aliphatic hydroxyl groups excluding tert-OH is 1. The van der Waals surface area contributed by atoms with Crippen LogP contribution in [0.25, 0.3) is 11.3 Å². The standard InChI is InChI=1S/C23H22ClNO3/c24-19-10-8-16(21-11-9-18(15-26)28-21)14-20(19)25-22(27)23(12-4-5-13-23)17-6-2-1-3-7-17/h1-3,6-11,14,26H,4-5,12-13,15H2,(H,25,27). The second kappa shape index (κ2) is 7.82. The predicted octanol–water partition coefficient (Wildman–Crippen LogP) is 5.54. The molecular weight excluding hydrogens is 374 g/mol. The van der Waals surface area contributed by atoms with Gasteiger partial charge in [0.15, 0.2) is 0 Å². The summed E-state index contributed by atoms with van der Waals surface area (Å²) in [6.07, 6.45) is 3.73. The van der Waals surface area contributed by atoms with Gasteiger partial charge in [-0.2, -0.15) is 0 Å². The Balaban J connectivity index is 1.64. The van der Waals surface area contributed by atoms with Crippen LogP contribution in [0.3, 0.4) is 0 Å². The summed E-state index contributed by atoms with van der Waals surface area (Å²) in [6, 6.07) is 18.9. The number of anilines is 1. The Morgan fingerprint density at radius 1 is 1.07 bits per heavy atom. The van der Waals surface area contributed by atoms with E-state index < -0.39 is 5.41 Å². The van der Waals surface area contributed by atoms with E-state index in [9.17, 15) is 9.90 Å². The molecule has 1 aromatic heterocycles. The Morgan fingerprint density at radius 3 is 2.50 bits per heavy atom. The van der Waals surface area contributed by atoms with E-state index in [0.29, 0.717) is 22.2 Å². The molecule has 1 saturated carbocycles. The summed E-state index contributed by atoms with van der Waals surface area (Å²) in [5.41, 5.74) is 1.89. The molecule has 2 aromatic carbocycles. The van der Waals surface area contributed by atoms with Crippen LogP contribution in [0.1, 0.15) is 37.0 Å². The van der Waals surface area contributed by atoms with Gasteiger partial charge in [-0.1, -0.05) is 54.8 Å². The van der Waals surface area contributed by atoms with E-state index in [1.165, 1.54) is 0 Å². The van der Waals surface area contributed by atoms with Crippen LogP contribution in [0.4, 0.5) is 5.69 Å². The molecule has 1 heterocycles. The maximum absolute atomic E-state index is 13.4. The molecule has 0 aliphatic heterocycles. The van der Waals surface area contributed by atoms with Crippen molar-refractivity contribution in [2.75, 3.05) is 5.32 Å². The van der Waals surface area contributed by atoms with Crippen LogP contribution >= 0.6 is 11.6 Å². The molecule has 3 aromatic rings. The van der Waals surface area contributed by atoms with E-state index >= 15 is 0 Å². The molecule has 0 bridgehead atoms. The minimum Gasteiger partial charge on any atom is -0.459 e. The maximum Gasteiger partial charge on any atom is 0.235 e. The molecule has 28 heavy (non-hydrogen) atoms. The predicted molar refractivity (Wildman–Crippen MR) is 110 cm³/mol. The third-order valence-corrected chi connectivity index (χ3v) is 5.86. The van der Waals surface area contributed by atoms with Crippen LogP contribution in [0, 0.1) is 0 Å². The van der Waals surface area contributed by atoms with Gasteiger partial charge in [0, 0.05) is 5.56 Å². The molecule has 1 aliphatic carbocycles. The average molecular weight is 396 g/mol. The zero-order chi connectivity index (χ0) is 19.6. The van der Waals surface area contributed by atoms with Gasteiger partial charge in [-0.05, 0) is 48.7 Å². The number of carbonyl (C=O) groups excluding carboxylic acids is 1. The monoisotopic (exact) mass is 395 g/mol. The summed E-state index contributed by atoms with van der Waals surface area (Å²) in [7, 11) is 0. The van der Waals surface area contributed by atoms with Crippen LogP contribution < -0.4 is 5.32 Å². The van der Waals surface area contributed by atoms with E-state index in [1.54, 1.807) is 18.2 Å². The molecule has 0 radical (unpaired) electrons. The quantitative estimate of drug-likeness (QED) is 0.595. The zero-order valence-electron chi connectivity index (χ0n) is 15.5. The van der Waals surface area contributed by atoms with Gasteiger partial charge in [-0.3, -0.25) is 4.79 Å². The normalized spacial score (nSPS) is 15.5. The van der Waals surface area contributed by atoms with Gasteiger partial charge in [0.1, 0.15) is 18.1 Å². The van der Waals surface area contributed by atoms with Gasteiger partial charge >= 0.3 is 0 Å². The average Bonchev–Trinajstić information content (AvgIpc) is 3.41. The van der Waals surface area contributed by atoms with Crippen molar-refractivity contribution in [1.29, 1.82) is 0 Å². The summed E-state index contributed by atoms with van der Waals surface area (Å²) in [4.78, 5) is 13.4. The fourth-order valence-corrected chi connectivity index (χ4v) is 4.18. The molecule has 144 valence electrons. The van der Waals surface area contributed by atoms with Crippen LogP contribution in [-0.4, -0.2) is 11.0 Å². The van der Waals surface area contributed by atoms with Crippen LogP contribution in [-0.2, 0) is 16.8 Å². The second-order valence-electron chi connectivity index (χ2n) is 7.23. The fraction of sp³-hybridized carbons (Fsp3) is 0.261. The molecule has 1 fully saturated rings. The van der Waals surface area contributed by atoms with Gasteiger partial charge in [-0.25, -0.2) is 0 Å². The lowest BCUT2D eigenvalue weighted by Crippen LogP contribution is -2.38. The third kappa shape index (κ3) is 3.46. The molecule has 1 aliphatic rings. The number of benzene rings is 2. The summed E-state index contributed by atoms with van der Waals surface area (Å²) < 4.78 is 5.60. The third-order valence-electron chi connectivity index (χ3n) is 5.53. The van der Waals surface area contributed by atoms with Crippen molar-refractivity contribution in [3.8, 4) is 11.3 Å². The Labute approximate surface area is 169 Å². The van der Waals surface area contributed by atoms with Gasteiger partial charge in [-0.15, -0.1) is 0 Å². The van der Waals surface area contributed by atoms with Crippen molar-refractivity contribution in [1.82, 2.24) is 0 Å². The second-order valence-corrected chi connectivity index (χ2v) is 7.64. The largest absolute Gasteiger partial charge is 0.459 e. The van der Waals surface area contributed by atoms with Crippen LogP contribution in [0.2, 0.25) is 5.02 Å². The Hall–Kier alpha value is -2.56.